The van der Waals surface area contributed by atoms with Gasteiger partial charge in [0.15, 0.2) is 0 Å². The molecule has 1 saturated heterocycles. The minimum atomic E-state index is -0.107. The van der Waals surface area contributed by atoms with Crippen LogP contribution in [0.5, 0.6) is 5.75 Å². The van der Waals surface area contributed by atoms with Gasteiger partial charge in [0.2, 0.25) is 0 Å². The van der Waals surface area contributed by atoms with Crippen LogP contribution in [-0.2, 0) is 22.6 Å². The number of hydrogen-bond donors (Lipinski definition) is 0. The lowest BCUT2D eigenvalue weighted by Crippen LogP contribution is -2.25. The van der Waals surface area contributed by atoms with Gasteiger partial charge < -0.3 is 9.47 Å². The molecule has 2 aromatic rings. The first-order valence-corrected chi connectivity index (χ1v) is 10.8. The molecule has 1 aliphatic heterocycles. The third-order valence-corrected chi connectivity index (χ3v) is 6.75. The summed E-state index contributed by atoms with van der Waals surface area (Å²) in [7, 11) is 1.46. The highest BCUT2D eigenvalue weighted by molar-refractivity contribution is 6.35. The van der Waals surface area contributed by atoms with Gasteiger partial charge in [-0.25, -0.2) is 0 Å². The lowest BCUT2D eigenvalue weighted by molar-refractivity contribution is -0.141. The average Bonchev–Trinajstić information content (AvgIpc) is 3.33. The molecule has 1 aliphatic carbocycles. The second-order valence-corrected chi connectivity index (χ2v) is 8.65. The molecule has 4 rings (SSSR count). The normalized spacial score (nSPS) is 21.2. The van der Waals surface area contributed by atoms with Crippen LogP contribution < -0.4 is 4.74 Å². The summed E-state index contributed by atoms with van der Waals surface area (Å²) in [6, 6.07) is 12.3. The van der Waals surface area contributed by atoms with E-state index in [2.05, 4.69) is 17.0 Å². The predicted octanol–water partition coefficient (Wildman–Crippen LogP) is 5.44. The molecular formula is C23H25Cl2NO3. The molecule has 1 unspecified atom stereocenters. The van der Waals surface area contributed by atoms with Gasteiger partial charge in [-0.15, -0.1) is 0 Å². The summed E-state index contributed by atoms with van der Waals surface area (Å²) in [5, 5.41) is 1.24. The molecule has 2 aliphatic rings. The summed E-state index contributed by atoms with van der Waals surface area (Å²) in [6.07, 6.45) is 3.73. The van der Waals surface area contributed by atoms with Crippen molar-refractivity contribution in [1.82, 2.24) is 4.90 Å². The minimum Gasteiger partial charge on any atom is -0.489 e. The molecule has 0 bridgehead atoms. The van der Waals surface area contributed by atoms with Gasteiger partial charge in [0.1, 0.15) is 12.4 Å². The number of hydrogen-bond acceptors (Lipinski definition) is 4. The fourth-order valence-electron chi connectivity index (χ4n) is 4.50. The monoisotopic (exact) mass is 433 g/mol. The molecule has 4 nitrogen and oxygen atoms in total. The molecule has 1 fully saturated rings. The zero-order valence-electron chi connectivity index (χ0n) is 16.5. The van der Waals surface area contributed by atoms with Crippen molar-refractivity contribution in [3.63, 3.8) is 0 Å². The third-order valence-electron chi connectivity index (χ3n) is 6.05. The summed E-state index contributed by atoms with van der Waals surface area (Å²) in [5.74, 6) is 1.13. The Hall–Kier alpha value is -1.75. The van der Waals surface area contributed by atoms with E-state index in [-0.39, 0.29) is 5.97 Å². The van der Waals surface area contributed by atoms with Crippen LogP contribution in [0.25, 0.3) is 0 Å². The highest BCUT2D eigenvalue weighted by atomic mass is 35.5. The van der Waals surface area contributed by atoms with Crippen LogP contribution >= 0.6 is 23.2 Å². The molecule has 0 aromatic heterocycles. The fourth-order valence-corrected chi connectivity index (χ4v) is 5.00. The first-order chi connectivity index (χ1) is 14.0. The van der Waals surface area contributed by atoms with Crippen LogP contribution in [-0.4, -0.2) is 31.1 Å². The van der Waals surface area contributed by atoms with E-state index in [1.165, 1.54) is 18.2 Å². The van der Waals surface area contributed by atoms with Crippen molar-refractivity contribution in [2.24, 2.45) is 5.92 Å². The van der Waals surface area contributed by atoms with E-state index >= 15 is 0 Å². The Kier molecular flexibility index (Phi) is 6.33. The Morgan fingerprint density at radius 3 is 2.72 bits per heavy atom. The smallest absolute Gasteiger partial charge is 0.305 e. The number of nitrogens with zero attached hydrogens (tertiary/aromatic N) is 1. The van der Waals surface area contributed by atoms with Crippen molar-refractivity contribution >= 4 is 29.2 Å². The molecule has 0 amide bonds. The van der Waals surface area contributed by atoms with Gasteiger partial charge in [-0.05, 0) is 67.1 Å². The number of benzene rings is 2. The van der Waals surface area contributed by atoms with Gasteiger partial charge in [-0.1, -0.05) is 35.3 Å². The van der Waals surface area contributed by atoms with Crippen molar-refractivity contribution < 1.29 is 14.3 Å². The van der Waals surface area contributed by atoms with E-state index in [1.807, 2.05) is 24.3 Å². The highest BCUT2D eigenvalue weighted by Gasteiger charge is 2.34. The number of aryl methyl sites for hydroxylation is 1. The lowest BCUT2D eigenvalue weighted by Gasteiger charge is -2.25. The quantitative estimate of drug-likeness (QED) is 0.568. The SMILES string of the molecule is COC(=O)C[C@@H]1CCN(C2CCc3cc(OCc4c(Cl)cccc4Cl)ccc32)C1. The van der Waals surface area contributed by atoms with E-state index in [4.69, 9.17) is 32.7 Å². The van der Waals surface area contributed by atoms with E-state index in [0.717, 1.165) is 43.7 Å². The van der Waals surface area contributed by atoms with Crippen LogP contribution in [0, 0.1) is 5.92 Å². The number of carbonyl (C=O) groups excluding carboxylic acids is 1. The number of esters is 1. The van der Waals surface area contributed by atoms with Crippen LogP contribution in [0.3, 0.4) is 0 Å². The largest absolute Gasteiger partial charge is 0.489 e. The van der Waals surface area contributed by atoms with Crippen molar-refractivity contribution in [1.29, 1.82) is 0 Å². The van der Waals surface area contributed by atoms with E-state index in [9.17, 15) is 4.79 Å². The Labute approximate surface area is 181 Å². The Balaban J connectivity index is 1.40. The molecule has 0 radical (unpaired) electrons. The maximum Gasteiger partial charge on any atom is 0.305 e. The number of carbonyl (C=O) groups is 1. The Morgan fingerprint density at radius 1 is 1.17 bits per heavy atom. The maximum absolute atomic E-state index is 11.6. The summed E-state index contributed by atoms with van der Waals surface area (Å²) in [4.78, 5) is 14.1. The summed E-state index contributed by atoms with van der Waals surface area (Å²) < 4.78 is 10.8. The Bertz CT molecular complexity index is 881. The molecule has 0 N–H and O–H groups in total. The number of likely N-dealkylation sites (tertiary alicyclic amines) is 1. The standard InChI is InChI=1S/C23H25Cl2NO3/c1-28-23(27)11-15-9-10-26(13-15)22-8-5-16-12-17(6-7-18(16)22)29-14-19-20(24)3-2-4-21(19)25/h2-4,6-7,12,15,22H,5,8-11,13-14H2,1H3/t15-,22?/m0/s1. The van der Waals surface area contributed by atoms with Crippen LogP contribution in [0.15, 0.2) is 36.4 Å². The van der Waals surface area contributed by atoms with E-state index in [0.29, 0.717) is 35.0 Å². The molecule has 0 saturated carbocycles. The summed E-state index contributed by atoms with van der Waals surface area (Å²) >= 11 is 12.5. The topological polar surface area (TPSA) is 38.8 Å². The second-order valence-electron chi connectivity index (χ2n) is 7.83. The molecule has 6 heteroatoms. The zero-order valence-corrected chi connectivity index (χ0v) is 18.0. The molecule has 1 heterocycles. The van der Waals surface area contributed by atoms with Crippen LogP contribution in [0.1, 0.15) is 42.0 Å². The molecule has 2 aromatic carbocycles. The van der Waals surface area contributed by atoms with Gasteiger partial charge >= 0.3 is 5.97 Å². The van der Waals surface area contributed by atoms with Crippen molar-refractivity contribution in [2.45, 2.75) is 38.3 Å². The van der Waals surface area contributed by atoms with Gasteiger partial charge in [-0.3, -0.25) is 9.69 Å². The average molecular weight is 434 g/mol. The maximum atomic E-state index is 11.6. The number of rotatable bonds is 6. The minimum absolute atomic E-state index is 0.107. The van der Waals surface area contributed by atoms with Crippen molar-refractivity contribution in [2.75, 3.05) is 20.2 Å². The van der Waals surface area contributed by atoms with Crippen LogP contribution in [0.2, 0.25) is 10.0 Å². The first-order valence-electron chi connectivity index (χ1n) is 10.0. The predicted molar refractivity (Wildman–Crippen MR) is 115 cm³/mol. The van der Waals surface area contributed by atoms with Crippen LogP contribution in [0.4, 0.5) is 0 Å². The summed E-state index contributed by atoms with van der Waals surface area (Å²) in [5.41, 5.74) is 3.53. The van der Waals surface area contributed by atoms with Gasteiger partial charge in [0, 0.05) is 34.6 Å². The number of fused-ring (bicyclic) bond motifs is 1. The van der Waals surface area contributed by atoms with Crippen molar-refractivity contribution in [3.8, 4) is 5.75 Å². The lowest BCUT2D eigenvalue weighted by atomic mass is 10.0. The van der Waals surface area contributed by atoms with Gasteiger partial charge in [0.25, 0.3) is 0 Å². The third kappa shape index (κ3) is 4.55. The number of methoxy groups -OCH3 is 1. The molecule has 154 valence electrons. The molecule has 2 atom stereocenters. The Morgan fingerprint density at radius 2 is 1.97 bits per heavy atom. The number of ether oxygens (including phenoxy) is 2. The summed E-state index contributed by atoms with van der Waals surface area (Å²) in [6.45, 7) is 2.35. The second kappa shape index (κ2) is 8.95. The molecule has 29 heavy (non-hydrogen) atoms. The molecule has 0 spiro atoms. The first kappa shape index (κ1) is 20.5. The zero-order chi connectivity index (χ0) is 20.4. The fraction of sp³-hybridized carbons (Fsp3) is 0.435. The van der Waals surface area contributed by atoms with Crippen molar-refractivity contribution in [3.05, 3.63) is 63.1 Å². The van der Waals surface area contributed by atoms with Gasteiger partial charge in [-0.2, -0.15) is 0 Å². The van der Waals surface area contributed by atoms with Gasteiger partial charge in [0.05, 0.1) is 7.11 Å². The highest BCUT2D eigenvalue weighted by Crippen LogP contribution is 2.40. The van der Waals surface area contributed by atoms with E-state index < -0.39 is 0 Å². The molecular weight excluding hydrogens is 409 g/mol. The number of halogens is 2. The van der Waals surface area contributed by atoms with E-state index in [1.54, 1.807) is 0 Å².